The number of nitrogen functional groups attached to an aromatic ring is 1. The molecule has 1 aromatic carbocycles. The molecule has 0 spiro atoms. The number of hydrogen-bond acceptors (Lipinski definition) is 6. The van der Waals surface area contributed by atoms with Gasteiger partial charge in [0.25, 0.3) is 0 Å². The van der Waals surface area contributed by atoms with Crippen LogP contribution in [0.2, 0.25) is 0 Å². The van der Waals surface area contributed by atoms with E-state index in [9.17, 15) is 9.18 Å². The van der Waals surface area contributed by atoms with Gasteiger partial charge in [-0.1, -0.05) is 23.9 Å². The number of nitrogens with two attached hydrogens (primary N) is 1. The fraction of sp³-hybridized carbons (Fsp3) is 0.400. The van der Waals surface area contributed by atoms with Crippen molar-refractivity contribution in [1.29, 1.82) is 0 Å². The Hall–Kier alpha value is -2.29. The summed E-state index contributed by atoms with van der Waals surface area (Å²) in [6.07, 6.45) is 0. The van der Waals surface area contributed by atoms with E-state index in [0.29, 0.717) is 24.1 Å². The molecule has 0 fully saturated rings. The van der Waals surface area contributed by atoms with Crippen molar-refractivity contribution in [3.63, 3.8) is 0 Å². The number of amides is 1. The highest BCUT2D eigenvalue weighted by molar-refractivity contribution is 7.99. The lowest BCUT2D eigenvalue weighted by Crippen LogP contribution is -2.32. The zero-order valence-corrected chi connectivity index (χ0v) is 14.4. The SMILES string of the molecule is CCN(CC)C(=O)CSc1nnc(COc2ccccc2F)n1N. The van der Waals surface area contributed by atoms with Crippen molar-refractivity contribution in [2.45, 2.75) is 25.6 Å². The van der Waals surface area contributed by atoms with E-state index in [-0.39, 0.29) is 24.0 Å². The summed E-state index contributed by atoms with van der Waals surface area (Å²) >= 11 is 1.20. The van der Waals surface area contributed by atoms with Crippen LogP contribution in [-0.4, -0.2) is 44.5 Å². The molecule has 2 rings (SSSR count). The lowest BCUT2D eigenvalue weighted by molar-refractivity contribution is -0.127. The van der Waals surface area contributed by atoms with Crippen LogP contribution in [0.1, 0.15) is 19.7 Å². The average molecular weight is 353 g/mol. The van der Waals surface area contributed by atoms with Crippen molar-refractivity contribution in [1.82, 2.24) is 19.8 Å². The number of hydrogen-bond donors (Lipinski definition) is 1. The zero-order chi connectivity index (χ0) is 17.5. The molecule has 2 aromatic rings. The van der Waals surface area contributed by atoms with Crippen LogP contribution in [-0.2, 0) is 11.4 Å². The number of rotatable bonds is 8. The number of carbonyl (C=O) groups excluding carboxylic acids is 1. The van der Waals surface area contributed by atoms with Gasteiger partial charge in [0.1, 0.15) is 6.61 Å². The largest absolute Gasteiger partial charge is 0.482 e. The molecule has 0 unspecified atom stereocenters. The van der Waals surface area contributed by atoms with Crippen LogP contribution in [0.3, 0.4) is 0 Å². The Balaban J connectivity index is 1.93. The number of halogens is 1. The maximum absolute atomic E-state index is 13.5. The fourth-order valence-electron chi connectivity index (χ4n) is 2.00. The minimum Gasteiger partial charge on any atom is -0.482 e. The number of ether oxygens (including phenoxy) is 1. The summed E-state index contributed by atoms with van der Waals surface area (Å²) in [6.45, 7) is 5.15. The van der Waals surface area contributed by atoms with Gasteiger partial charge in [-0.3, -0.25) is 4.79 Å². The summed E-state index contributed by atoms with van der Waals surface area (Å²) in [7, 11) is 0. The van der Waals surface area contributed by atoms with Crippen LogP contribution in [0.25, 0.3) is 0 Å². The highest BCUT2D eigenvalue weighted by atomic mass is 32.2. The lowest BCUT2D eigenvalue weighted by atomic mass is 10.3. The van der Waals surface area contributed by atoms with Crippen molar-refractivity contribution in [3.8, 4) is 5.75 Å². The predicted molar refractivity (Wildman–Crippen MR) is 89.6 cm³/mol. The standard InChI is InChI=1S/C15H20FN5O2S/c1-3-20(4-2)14(22)10-24-15-19-18-13(21(15)17)9-23-12-8-6-5-7-11(12)16/h5-8H,3-4,9-10,17H2,1-2H3. The smallest absolute Gasteiger partial charge is 0.233 e. The molecular formula is C15H20FN5O2S. The second-order valence-electron chi connectivity index (χ2n) is 4.84. The molecule has 1 aromatic heterocycles. The molecule has 0 saturated heterocycles. The van der Waals surface area contributed by atoms with Gasteiger partial charge in [-0.2, -0.15) is 0 Å². The van der Waals surface area contributed by atoms with Crippen molar-refractivity contribution in [3.05, 3.63) is 35.9 Å². The second kappa shape index (κ2) is 8.53. The first-order valence-corrected chi connectivity index (χ1v) is 8.52. The maximum atomic E-state index is 13.5. The second-order valence-corrected chi connectivity index (χ2v) is 5.79. The molecule has 0 aliphatic heterocycles. The molecule has 0 aliphatic carbocycles. The summed E-state index contributed by atoms with van der Waals surface area (Å²) in [4.78, 5) is 13.7. The Morgan fingerprint density at radius 2 is 2.04 bits per heavy atom. The van der Waals surface area contributed by atoms with E-state index in [1.807, 2.05) is 13.8 Å². The first kappa shape index (κ1) is 18.1. The molecule has 2 N–H and O–H groups in total. The molecule has 0 aliphatic rings. The van der Waals surface area contributed by atoms with Crippen molar-refractivity contribution in [2.24, 2.45) is 0 Å². The van der Waals surface area contributed by atoms with E-state index in [1.165, 1.54) is 28.6 Å². The van der Waals surface area contributed by atoms with E-state index < -0.39 is 5.82 Å². The summed E-state index contributed by atoms with van der Waals surface area (Å²) < 4.78 is 20.1. The Labute approximate surface area is 144 Å². The minimum absolute atomic E-state index is 0.0113. The van der Waals surface area contributed by atoms with Gasteiger partial charge in [0.05, 0.1) is 5.75 Å². The van der Waals surface area contributed by atoms with Gasteiger partial charge in [0.2, 0.25) is 11.1 Å². The number of nitrogens with zero attached hydrogens (tertiary/aromatic N) is 4. The van der Waals surface area contributed by atoms with Crippen LogP contribution in [0.15, 0.2) is 29.4 Å². The molecule has 7 nitrogen and oxygen atoms in total. The normalized spacial score (nSPS) is 10.6. The van der Waals surface area contributed by atoms with Gasteiger partial charge in [-0.15, -0.1) is 10.2 Å². The van der Waals surface area contributed by atoms with Gasteiger partial charge in [0, 0.05) is 13.1 Å². The summed E-state index contributed by atoms with van der Waals surface area (Å²) in [6, 6.07) is 6.08. The van der Waals surface area contributed by atoms with Crippen molar-refractivity contribution < 1.29 is 13.9 Å². The van der Waals surface area contributed by atoms with E-state index in [1.54, 1.807) is 17.0 Å². The quantitative estimate of drug-likeness (QED) is 0.574. The monoisotopic (exact) mass is 353 g/mol. The number of thioether (sulfide) groups is 1. The van der Waals surface area contributed by atoms with Crippen LogP contribution in [0.4, 0.5) is 4.39 Å². The Morgan fingerprint density at radius 3 is 2.71 bits per heavy atom. The first-order valence-electron chi connectivity index (χ1n) is 7.54. The molecule has 24 heavy (non-hydrogen) atoms. The van der Waals surface area contributed by atoms with Gasteiger partial charge >= 0.3 is 0 Å². The maximum Gasteiger partial charge on any atom is 0.233 e. The van der Waals surface area contributed by atoms with Crippen molar-refractivity contribution in [2.75, 3.05) is 24.7 Å². The molecule has 0 atom stereocenters. The number of para-hydroxylation sites is 1. The summed E-state index contributed by atoms with van der Waals surface area (Å²) in [5, 5.41) is 8.26. The molecule has 0 radical (unpaired) electrons. The Bertz CT molecular complexity index is 690. The fourth-order valence-corrected chi connectivity index (χ4v) is 2.78. The van der Waals surface area contributed by atoms with Gasteiger partial charge in [0.15, 0.2) is 17.4 Å². The minimum atomic E-state index is -0.458. The van der Waals surface area contributed by atoms with Gasteiger partial charge < -0.3 is 15.5 Å². The third-order valence-electron chi connectivity index (χ3n) is 3.37. The average Bonchev–Trinajstić information content (AvgIpc) is 2.93. The Kier molecular flexibility index (Phi) is 6.42. The van der Waals surface area contributed by atoms with E-state index in [2.05, 4.69) is 10.2 Å². The van der Waals surface area contributed by atoms with E-state index in [0.717, 1.165) is 0 Å². The lowest BCUT2D eigenvalue weighted by Gasteiger charge is -2.17. The van der Waals surface area contributed by atoms with Gasteiger partial charge in [-0.25, -0.2) is 9.07 Å². The summed E-state index contributed by atoms with van der Waals surface area (Å²) in [5.41, 5.74) is 0. The third-order valence-corrected chi connectivity index (χ3v) is 4.30. The predicted octanol–water partition coefficient (Wildman–Crippen LogP) is 1.67. The number of benzene rings is 1. The van der Waals surface area contributed by atoms with Crippen LogP contribution in [0.5, 0.6) is 5.75 Å². The Morgan fingerprint density at radius 1 is 1.33 bits per heavy atom. The zero-order valence-electron chi connectivity index (χ0n) is 13.6. The highest BCUT2D eigenvalue weighted by Crippen LogP contribution is 2.18. The topological polar surface area (TPSA) is 86.3 Å². The number of aromatic nitrogens is 3. The molecule has 130 valence electrons. The molecular weight excluding hydrogens is 333 g/mol. The third kappa shape index (κ3) is 4.38. The molecule has 0 bridgehead atoms. The van der Waals surface area contributed by atoms with Crippen molar-refractivity contribution >= 4 is 17.7 Å². The molecule has 1 heterocycles. The van der Waals surface area contributed by atoms with Crippen LogP contribution >= 0.6 is 11.8 Å². The molecule has 9 heteroatoms. The first-order chi connectivity index (χ1) is 11.6. The van der Waals surface area contributed by atoms with E-state index >= 15 is 0 Å². The van der Waals surface area contributed by atoms with Gasteiger partial charge in [-0.05, 0) is 26.0 Å². The van der Waals surface area contributed by atoms with Crippen LogP contribution < -0.4 is 10.6 Å². The molecule has 0 saturated carbocycles. The van der Waals surface area contributed by atoms with Crippen LogP contribution in [0, 0.1) is 5.82 Å². The summed E-state index contributed by atoms with van der Waals surface area (Å²) in [5.74, 6) is 6.15. The molecule has 1 amide bonds. The van der Waals surface area contributed by atoms with E-state index in [4.69, 9.17) is 10.6 Å². The highest BCUT2D eigenvalue weighted by Gasteiger charge is 2.15. The number of carbonyl (C=O) groups is 1.